The third kappa shape index (κ3) is 10.9. The molecule has 1 rings (SSSR count). The normalized spacial score (nSPS) is 16.1. The van der Waals surface area contributed by atoms with Crippen molar-refractivity contribution >= 4 is 16.3 Å². The van der Waals surface area contributed by atoms with Crippen molar-refractivity contribution in [1.82, 2.24) is 4.90 Å². The van der Waals surface area contributed by atoms with Crippen molar-refractivity contribution in [2.24, 2.45) is 0 Å². The van der Waals surface area contributed by atoms with Gasteiger partial charge in [0, 0.05) is 13.1 Å². The first-order chi connectivity index (χ1) is 10.5. The van der Waals surface area contributed by atoms with E-state index in [-0.39, 0.29) is 6.54 Å². The van der Waals surface area contributed by atoms with Gasteiger partial charge in [0.1, 0.15) is 0 Å². The fourth-order valence-corrected chi connectivity index (χ4v) is 2.36. The van der Waals surface area contributed by atoms with E-state index in [2.05, 4.69) is 0 Å². The van der Waals surface area contributed by atoms with Crippen LogP contribution < -0.4 is 0 Å². The lowest BCUT2D eigenvalue weighted by molar-refractivity contribution is 0.328. The van der Waals surface area contributed by atoms with Gasteiger partial charge < -0.3 is 0 Å². The van der Waals surface area contributed by atoms with Gasteiger partial charge in [-0.1, -0.05) is 81.3 Å². The van der Waals surface area contributed by atoms with Crippen molar-refractivity contribution in [2.75, 3.05) is 19.6 Å². The molecule has 0 saturated heterocycles. The van der Waals surface area contributed by atoms with Crippen LogP contribution in [0.15, 0.2) is 47.9 Å². The molecule has 7 heteroatoms. The second-order valence-electron chi connectivity index (χ2n) is 5.33. The number of benzene rings is 1. The molecule has 0 bridgehead atoms. The molecule has 1 aromatic rings. The largest absolute Gasteiger partial charge is 0.304 e. The van der Waals surface area contributed by atoms with Crippen molar-refractivity contribution < 1.29 is 19.4 Å². The SMILES string of the molecule is CCCCN(C/C=C/c1ccccc1)C/C=C/S(F)(F)(F)(F)F. The molecule has 0 aromatic heterocycles. The van der Waals surface area contributed by atoms with Crippen LogP contribution in [0, 0.1) is 0 Å². The highest BCUT2D eigenvalue weighted by Crippen LogP contribution is 2.98. The second-order valence-corrected chi connectivity index (χ2v) is 7.66. The molecule has 0 fully saturated rings. The summed E-state index contributed by atoms with van der Waals surface area (Å²) in [6, 6.07) is 9.45. The van der Waals surface area contributed by atoms with Gasteiger partial charge in [0.2, 0.25) is 0 Å². The lowest BCUT2D eigenvalue weighted by Gasteiger charge is -2.36. The maximum Gasteiger partial charge on any atom is 0.304 e. The highest BCUT2D eigenvalue weighted by molar-refractivity contribution is 8.48. The Morgan fingerprint density at radius 3 is 2.13 bits per heavy atom. The molecule has 23 heavy (non-hydrogen) atoms. The van der Waals surface area contributed by atoms with Gasteiger partial charge in [-0.25, -0.2) is 0 Å². The number of rotatable bonds is 9. The highest BCUT2D eigenvalue weighted by Gasteiger charge is 2.60. The van der Waals surface area contributed by atoms with Crippen molar-refractivity contribution in [3.8, 4) is 0 Å². The Morgan fingerprint density at radius 2 is 1.57 bits per heavy atom. The minimum Gasteiger partial charge on any atom is -0.296 e. The summed E-state index contributed by atoms with van der Waals surface area (Å²) in [7, 11) is -9.46. The van der Waals surface area contributed by atoms with Gasteiger partial charge in [0.05, 0.1) is 5.41 Å². The first kappa shape index (κ1) is 19.7. The summed E-state index contributed by atoms with van der Waals surface area (Å²) in [5.74, 6) is 0. The molecule has 0 radical (unpaired) electrons. The third-order valence-corrected chi connectivity index (χ3v) is 3.73. The molecule has 0 heterocycles. The van der Waals surface area contributed by atoms with E-state index in [0.717, 1.165) is 18.4 Å². The molecule has 0 amide bonds. The predicted molar refractivity (Wildman–Crippen MR) is 89.1 cm³/mol. The van der Waals surface area contributed by atoms with Crippen molar-refractivity contribution in [3.05, 3.63) is 53.5 Å². The van der Waals surface area contributed by atoms with Gasteiger partial charge >= 0.3 is 10.2 Å². The van der Waals surface area contributed by atoms with E-state index in [1.165, 1.54) is 0 Å². The van der Waals surface area contributed by atoms with E-state index in [4.69, 9.17) is 0 Å². The average Bonchev–Trinajstić information content (AvgIpc) is 2.42. The minimum absolute atomic E-state index is 0.162. The van der Waals surface area contributed by atoms with E-state index in [1.54, 1.807) is 4.90 Å². The van der Waals surface area contributed by atoms with Gasteiger partial charge in [-0.05, 0) is 18.5 Å². The molecule has 1 nitrogen and oxygen atoms in total. The van der Waals surface area contributed by atoms with Crippen LogP contribution in [0.5, 0.6) is 0 Å². The van der Waals surface area contributed by atoms with Gasteiger partial charge in [0.25, 0.3) is 0 Å². The molecule has 0 saturated carbocycles. The lowest BCUT2D eigenvalue weighted by Crippen LogP contribution is -2.25. The van der Waals surface area contributed by atoms with E-state index >= 15 is 0 Å². The first-order valence-corrected chi connectivity index (χ1v) is 9.36. The smallest absolute Gasteiger partial charge is 0.296 e. The Morgan fingerprint density at radius 1 is 0.957 bits per heavy atom. The van der Waals surface area contributed by atoms with Crippen LogP contribution in [0.25, 0.3) is 6.08 Å². The number of hydrogen-bond donors (Lipinski definition) is 0. The van der Waals surface area contributed by atoms with Crippen LogP contribution in [0.2, 0.25) is 0 Å². The monoisotopic (exact) mass is 355 g/mol. The summed E-state index contributed by atoms with van der Waals surface area (Å²) in [6.07, 6.45) is 5.85. The van der Waals surface area contributed by atoms with E-state index in [9.17, 15) is 19.4 Å². The van der Waals surface area contributed by atoms with Crippen LogP contribution in [0.4, 0.5) is 19.4 Å². The number of hydrogen-bond acceptors (Lipinski definition) is 1. The maximum absolute atomic E-state index is 12.3. The lowest BCUT2D eigenvalue weighted by atomic mass is 10.2. The van der Waals surface area contributed by atoms with Crippen LogP contribution >= 0.6 is 10.2 Å². The zero-order chi connectivity index (χ0) is 17.5. The number of nitrogens with zero attached hydrogens (tertiary/aromatic N) is 1. The van der Waals surface area contributed by atoms with Gasteiger partial charge in [-0.15, -0.1) is 0 Å². The summed E-state index contributed by atoms with van der Waals surface area (Å²) in [4.78, 5) is 1.70. The fourth-order valence-electron chi connectivity index (χ4n) is 1.91. The number of halogens is 5. The van der Waals surface area contributed by atoms with Crippen molar-refractivity contribution in [3.63, 3.8) is 0 Å². The standard InChI is InChI=1S/C16H22F5NS/c1-2-3-12-22(14-8-15-23(17,18,19,20)21)13-7-11-16-9-5-4-6-10-16/h4-11,15H,2-3,12-14H2,1H3/b11-7+,15-8+. The second kappa shape index (κ2) is 7.05. The Bertz CT molecular complexity index is 536. The van der Waals surface area contributed by atoms with Gasteiger partial charge in [-0.2, -0.15) is 0 Å². The Balaban J connectivity index is 2.63. The van der Waals surface area contributed by atoms with Gasteiger partial charge in [-0.3, -0.25) is 4.90 Å². The van der Waals surface area contributed by atoms with E-state index < -0.39 is 15.6 Å². The predicted octanol–water partition coefficient (Wildman–Crippen LogP) is 6.61. The summed E-state index contributed by atoms with van der Waals surface area (Å²) >= 11 is 0. The van der Waals surface area contributed by atoms with E-state index in [1.807, 2.05) is 49.4 Å². The molecule has 0 aliphatic heterocycles. The molecule has 0 aliphatic carbocycles. The first-order valence-electron chi connectivity index (χ1n) is 7.35. The highest BCUT2D eigenvalue weighted by atomic mass is 32.5. The minimum atomic E-state index is -9.46. The van der Waals surface area contributed by atoms with Crippen LogP contribution in [0.1, 0.15) is 25.3 Å². The molecule has 0 atom stereocenters. The van der Waals surface area contributed by atoms with Crippen molar-refractivity contribution in [2.45, 2.75) is 19.8 Å². The van der Waals surface area contributed by atoms with Crippen molar-refractivity contribution in [1.29, 1.82) is 0 Å². The molecule has 0 unspecified atom stereocenters. The third-order valence-electron chi connectivity index (χ3n) is 3.02. The molecular weight excluding hydrogens is 333 g/mol. The maximum atomic E-state index is 12.3. The van der Waals surface area contributed by atoms with E-state index in [0.29, 0.717) is 19.2 Å². The molecule has 0 aliphatic rings. The summed E-state index contributed by atoms with van der Waals surface area (Å²) in [5, 5.41) is -0.861. The zero-order valence-corrected chi connectivity index (χ0v) is 13.8. The van der Waals surface area contributed by atoms with Crippen LogP contribution in [0.3, 0.4) is 0 Å². The van der Waals surface area contributed by atoms with Gasteiger partial charge in [0.15, 0.2) is 0 Å². The molecule has 0 N–H and O–H groups in total. The Kier molecular flexibility index (Phi) is 6.04. The number of unbranched alkanes of at least 4 members (excludes halogenated alkanes) is 1. The molecule has 132 valence electrons. The summed E-state index contributed by atoms with van der Waals surface area (Å²) in [5.41, 5.74) is 0.977. The average molecular weight is 355 g/mol. The fraction of sp³-hybridized carbons (Fsp3) is 0.375. The van der Waals surface area contributed by atoms with Crippen LogP contribution in [-0.2, 0) is 0 Å². The Labute approximate surface area is 134 Å². The zero-order valence-electron chi connectivity index (χ0n) is 13.0. The summed E-state index contributed by atoms with van der Waals surface area (Å²) < 4.78 is 61.4. The molecule has 0 spiro atoms. The van der Waals surface area contributed by atoms with Crippen LogP contribution in [-0.4, -0.2) is 24.5 Å². The Hall–Kier alpha value is -1.34. The topological polar surface area (TPSA) is 3.24 Å². The molecular formula is C16H22F5NS. The summed E-state index contributed by atoms with van der Waals surface area (Å²) in [6.45, 7) is 2.76. The quantitative estimate of drug-likeness (QED) is 0.450. The molecule has 1 aromatic carbocycles.